The number of rotatable bonds is 9. The highest BCUT2D eigenvalue weighted by atomic mass is 16.6. The van der Waals surface area contributed by atoms with Crippen molar-refractivity contribution in [3.05, 3.63) is 23.5 Å². The van der Waals surface area contributed by atoms with Gasteiger partial charge in [-0.15, -0.1) is 5.10 Å². The summed E-state index contributed by atoms with van der Waals surface area (Å²) < 4.78 is 13.1. The third-order valence-electron chi connectivity index (χ3n) is 5.73. The van der Waals surface area contributed by atoms with Gasteiger partial charge in [-0.05, 0) is 44.7 Å². The van der Waals surface area contributed by atoms with Gasteiger partial charge in [-0.2, -0.15) is 0 Å². The van der Waals surface area contributed by atoms with E-state index in [9.17, 15) is 9.59 Å². The molecule has 32 heavy (non-hydrogen) atoms. The zero-order valence-corrected chi connectivity index (χ0v) is 19.1. The summed E-state index contributed by atoms with van der Waals surface area (Å²) in [5.41, 5.74) is 2.46. The summed E-state index contributed by atoms with van der Waals surface area (Å²) in [4.78, 5) is 29.4. The minimum atomic E-state index is -0.799. The third kappa shape index (κ3) is 5.54. The van der Waals surface area contributed by atoms with Gasteiger partial charge in [0.1, 0.15) is 29.8 Å². The van der Waals surface area contributed by atoms with Crippen LogP contribution in [-0.2, 0) is 23.2 Å². The van der Waals surface area contributed by atoms with E-state index in [1.165, 1.54) is 4.90 Å². The molecule has 2 heterocycles. The van der Waals surface area contributed by atoms with E-state index in [0.717, 1.165) is 25.7 Å². The number of hydrogen-bond donors (Lipinski definition) is 1. The molecule has 1 aliphatic rings. The molecule has 2 aromatic rings. The Bertz CT molecular complexity index is 960. The van der Waals surface area contributed by atoms with E-state index in [4.69, 9.17) is 14.6 Å². The molecule has 0 aromatic carbocycles. The van der Waals surface area contributed by atoms with Crippen LogP contribution in [0.15, 0.2) is 12.1 Å². The van der Waals surface area contributed by atoms with Gasteiger partial charge in [-0.3, -0.25) is 4.79 Å². The Morgan fingerprint density at radius 1 is 1.31 bits per heavy atom. The summed E-state index contributed by atoms with van der Waals surface area (Å²) in [5, 5.41) is 17.4. The Hall–Kier alpha value is -3.17. The van der Waals surface area contributed by atoms with Gasteiger partial charge < -0.3 is 19.5 Å². The molecule has 0 unspecified atom stereocenters. The number of carbonyl (C=O) groups is 2. The second kappa shape index (κ2) is 10.4. The summed E-state index contributed by atoms with van der Waals surface area (Å²) in [7, 11) is 3.44. The van der Waals surface area contributed by atoms with Crippen molar-refractivity contribution in [3.63, 3.8) is 0 Å². The van der Waals surface area contributed by atoms with E-state index in [-0.39, 0.29) is 25.0 Å². The van der Waals surface area contributed by atoms with Crippen LogP contribution in [0.4, 0.5) is 4.79 Å². The molecule has 1 N–H and O–H groups in total. The van der Waals surface area contributed by atoms with Crippen LogP contribution in [0.3, 0.4) is 0 Å². The van der Waals surface area contributed by atoms with Crippen LogP contribution in [0, 0.1) is 12.8 Å². The predicted octanol–water partition coefficient (Wildman–Crippen LogP) is 3.19. The molecule has 1 amide bonds. The van der Waals surface area contributed by atoms with Gasteiger partial charge >= 0.3 is 12.1 Å². The van der Waals surface area contributed by atoms with Crippen molar-refractivity contribution in [1.29, 1.82) is 0 Å². The first-order chi connectivity index (χ1) is 15.3. The Labute approximate surface area is 187 Å². The number of carboxylic acid groups (broad SMARTS) is 1. The van der Waals surface area contributed by atoms with E-state index in [0.29, 0.717) is 35.1 Å². The minimum Gasteiger partial charge on any atom is -0.488 e. The number of pyridine rings is 1. The van der Waals surface area contributed by atoms with Crippen LogP contribution in [0.2, 0.25) is 0 Å². The molecule has 0 saturated heterocycles. The number of carbonyl (C=O) groups excluding carboxylic acids is 1. The van der Waals surface area contributed by atoms with Gasteiger partial charge in [-0.1, -0.05) is 12.1 Å². The highest BCUT2D eigenvalue weighted by Gasteiger charge is 2.31. The Kier molecular flexibility index (Phi) is 7.66. The maximum absolute atomic E-state index is 12.1. The summed E-state index contributed by atoms with van der Waals surface area (Å²) in [6.45, 7) is 4.48. The molecular weight excluding hydrogens is 414 g/mol. The fourth-order valence-corrected chi connectivity index (χ4v) is 3.99. The number of nitrogens with zero attached hydrogens (tertiary/aromatic N) is 5. The van der Waals surface area contributed by atoms with Crippen LogP contribution < -0.4 is 4.74 Å². The van der Waals surface area contributed by atoms with Crippen LogP contribution in [0.1, 0.15) is 50.4 Å². The van der Waals surface area contributed by atoms with Gasteiger partial charge in [0.25, 0.3) is 0 Å². The second-order valence-corrected chi connectivity index (χ2v) is 8.21. The van der Waals surface area contributed by atoms with E-state index in [2.05, 4.69) is 15.3 Å². The van der Waals surface area contributed by atoms with E-state index < -0.39 is 12.1 Å². The van der Waals surface area contributed by atoms with E-state index >= 15 is 0 Å². The lowest BCUT2D eigenvalue weighted by Crippen LogP contribution is -2.28. The molecule has 1 saturated carbocycles. The minimum absolute atomic E-state index is 0.0127. The number of carboxylic acids is 1. The van der Waals surface area contributed by atoms with E-state index in [1.54, 1.807) is 24.8 Å². The average Bonchev–Trinajstić information content (AvgIpc) is 3.33. The molecule has 0 bridgehead atoms. The monoisotopic (exact) mass is 445 g/mol. The van der Waals surface area contributed by atoms with Crippen molar-refractivity contribution in [1.82, 2.24) is 24.9 Å². The smallest absolute Gasteiger partial charge is 0.409 e. The van der Waals surface area contributed by atoms with Crippen LogP contribution in [0.25, 0.3) is 11.4 Å². The molecule has 1 aliphatic carbocycles. The van der Waals surface area contributed by atoms with Crippen molar-refractivity contribution in [2.45, 2.75) is 58.7 Å². The van der Waals surface area contributed by atoms with Crippen LogP contribution >= 0.6 is 0 Å². The first kappa shape index (κ1) is 23.5. The molecule has 2 atom stereocenters. The zero-order chi connectivity index (χ0) is 23.3. The lowest BCUT2D eigenvalue weighted by Gasteiger charge is -2.21. The summed E-state index contributed by atoms with van der Waals surface area (Å²) in [6, 6.07) is 3.62. The molecule has 3 rings (SSSR count). The Morgan fingerprint density at radius 2 is 2.09 bits per heavy atom. The van der Waals surface area contributed by atoms with Gasteiger partial charge in [0.15, 0.2) is 0 Å². The summed E-state index contributed by atoms with van der Waals surface area (Å²) in [6.07, 6.45) is 3.09. The highest BCUT2D eigenvalue weighted by molar-refractivity contribution is 5.68. The molecule has 174 valence electrons. The third-order valence-corrected chi connectivity index (χ3v) is 5.73. The topological polar surface area (TPSA) is 120 Å². The van der Waals surface area contributed by atoms with Crippen molar-refractivity contribution < 1.29 is 24.2 Å². The molecular formula is C22H31N5O5. The van der Waals surface area contributed by atoms with Gasteiger partial charge in [0.2, 0.25) is 0 Å². The van der Waals surface area contributed by atoms with Crippen LogP contribution in [-0.4, -0.2) is 61.7 Å². The van der Waals surface area contributed by atoms with Crippen molar-refractivity contribution >= 4 is 12.1 Å². The number of hydrogen-bond acceptors (Lipinski definition) is 7. The molecule has 10 nitrogen and oxygen atoms in total. The molecule has 0 radical (unpaired) electrons. The van der Waals surface area contributed by atoms with Gasteiger partial charge in [0.05, 0.1) is 17.8 Å². The Balaban J connectivity index is 1.72. The molecule has 0 spiro atoms. The molecule has 10 heteroatoms. The average molecular weight is 446 g/mol. The predicted molar refractivity (Wildman–Crippen MR) is 116 cm³/mol. The number of aromatic nitrogens is 4. The second-order valence-electron chi connectivity index (χ2n) is 8.21. The summed E-state index contributed by atoms with van der Waals surface area (Å²) in [5.74, 6) is -0.153. The number of amides is 1. The van der Waals surface area contributed by atoms with Crippen molar-refractivity contribution in [3.8, 4) is 17.1 Å². The molecule has 0 aliphatic heterocycles. The normalized spacial score (nSPS) is 17.9. The van der Waals surface area contributed by atoms with E-state index in [1.807, 2.05) is 19.9 Å². The fourth-order valence-electron chi connectivity index (χ4n) is 3.99. The van der Waals surface area contributed by atoms with Crippen molar-refractivity contribution in [2.24, 2.45) is 13.0 Å². The first-order valence-electron chi connectivity index (χ1n) is 10.9. The van der Waals surface area contributed by atoms with Crippen molar-refractivity contribution in [2.75, 3.05) is 13.6 Å². The molecule has 1 fully saturated rings. The quantitative estimate of drug-likeness (QED) is 0.625. The van der Waals surface area contributed by atoms with Gasteiger partial charge in [-0.25, -0.2) is 14.5 Å². The highest BCUT2D eigenvalue weighted by Crippen LogP contribution is 2.33. The Morgan fingerprint density at radius 3 is 2.78 bits per heavy atom. The number of aliphatic carboxylic acids is 1. The summed E-state index contributed by atoms with van der Waals surface area (Å²) >= 11 is 0. The number of aryl methyl sites for hydroxylation is 2. The maximum atomic E-state index is 12.1. The largest absolute Gasteiger partial charge is 0.488 e. The zero-order valence-electron chi connectivity index (χ0n) is 19.1. The van der Waals surface area contributed by atoms with Gasteiger partial charge in [0, 0.05) is 26.6 Å². The lowest BCUT2D eigenvalue weighted by molar-refractivity contribution is -0.138. The molecule has 2 aromatic heterocycles. The van der Waals surface area contributed by atoms with Crippen LogP contribution in [0.5, 0.6) is 5.75 Å². The lowest BCUT2D eigenvalue weighted by atomic mass is 10.0. The number of ether oxygens (including phenoxy) is 2. The first-order valence-corrected chi connectivity index (χ1v) is 10.9. The standard InChI is InChI=1S/C22H31N5O5/c1-5-11-26(3)22(30)31-13-17-21(24-25-27(17)4)16-9-10-18(14(2)23-16)32-19-8-6-7-15(19)12-20(28)29/h9-10,15,19H,5-8,11-13H2,1-4H3,(H,28,29)/t15-,19-/m0/s1. The fraction of sp³-hybridized carbons (Fsp3) is 0.591. The SMILES string of the molecule is CCCN(C)C(=O)OCc1c(-c2ccc(O[C@H]3CCC[C@H]3CC(=O)O)c(C)n2)nnn1C. The maximum Gasteiger partial charge on any atom is 0.409 e.